The number of hydrogen-bond acceptors (Lipinski definition) is 3. The molecule has 0 bridgehead atoms. The predicted molar refractivity (Wildman–Crippen MR) is 135 cm³/mol. The molecule has 2 aromatic carbocycles. The molecular formula is C27H34BrN3O2. The minimum absolute atomic E-state index is 0.00497. The van der Waals surface area contributed by atoms with Crippen LogP contribution < -0.4 is 5.32 Å². The number of rotatable bonds is 9. The van der Waals surface area contributed by atoms with E-state index in [-0.39, 0.29) is 11.8 Å². The molecule has 33 heavy (non-hydrogen) atoms. The summed E-state index contributed by atoms with van der Waals surface area (Å²) >= 11 is 3.45. The van der Waals surface area contributed by atoms with Crippen LogP contribution in [0.3, 0.4) is 0 Å². The number of halogens is 1. The highest BCUT2D eigenvalue weighted by Gasteiger charge is 2.28. The molecule has 2 aliphatic rings. The second-order valence-electron chi connectivity index (χ2n) is 9.24. The van der Waals surface area contributed by atoms with E-state index in [0.717, 1.165) is 28.6 Å². The first-order valence-electron chi connectivity index (χ1n) is 12.2. The number of amides is 2. The number of carbonyl (C=O) groups is 2. The molecule has 2 amide bonds. The second-order valence-corrected chi connectivity index (χ2v) is 10.2. The molecule has 0 aliphatic carbocycles. The van der Waals surface area contributed by atoms with Crippen LogP contribution in [0.25, 0.3) is 0 Å². The van der Waals surface area contributed by atoms with Crippen molar-refractivity contribution in [1.82, 2.24) is 15.1 Å². The maximum absolute atomic E-state index is 12.9. The lowest BCUT2D eigenvalue weighted by molar-refractivity contribution is 0.0766. The van der Waals surface area contributed by atoms with Gasteiger partial charge in [-0.1, -0.05) is 53.9 Å². The number of nitrogens with one attached hydrogen (secondary N) is 1. The highest BCUT2D eigenvalue weighted by atomic mass is 79.9. The summed E-state index contributed by atoms with van der Waals surface area (Å²) < 4.78 is 1.02. The van der Waals surface area contributed by atoms with Crippen molar-refractivity contribution in [3.63, 3.8) is 0 Å². The van der Waals surface area contributed by atoms with Gasteiger partial charge < -0.3 is 15.1 Å². The standard InChI is InChI=1S/C27H34BrN3O2/c1-2-6-24-7-3-4-15-30(24)16-5-14-29-26(32)21-10-11-22-19-31(27(33)25(22)17-21)18-20-8-12-23(28)13-9-20/h8-13,17,24H,2-7,14-16,18-19H2,1H3,(H,29,32). The Hall–Kier alpha value is -2.18. The number of nitrogens with zero attached hydrogens (tertiary/aromatic N) is 2. The van der Waals surface area contributed by atoms with Crippen LogP contribution in [0.15, 0.2) is 46.9 Å². The average Bonchev–Trinajstić information content (AvgIpc) is 3.13. The number of benzene rings is 2. The van der Waals surface area contributed by atoms with Crippen molar-refractivity contribution in [2.75, 3.05) is 19.6 Å². The van der Waals surface area contributed by atoms with Crippen molar-refractivity contribution in [1.29, 1.82) is 0 Å². The van der Waals surface area contributed by atoms with Crippen molar-refractivity contribution < 1.29 is 9.59 Å². The molecule has 2 aromatic rings. The summed E-state index contributed by atoms with van der Waals surface area (Å²) in [5.41, 5.74) is 3.29. The van der Waals surface area contributed by atoms with Gasteiger partial charge in [0.05, 0.1) is 0 Å². The maximum Gasteiger partial charge on any atom is 0.254 e. The number of hydrogen-bond donors (Lipinski definition) is 1. The fourth-order valence-corrected chi connectivity index (χ4v) is 5.31. The van der Waals surface area contributed by atoms with Crippen LogP contribution in [0.5, 0.6) is 0 Å². The van der Waals surface area contributed by atoms with Crippen molar-refractivity contribution >= 4 is 27.7 Å². The zero-order valence-electron chi connectivity index (χ0n) is 19.5. The fourth-order valence-electron chi connectivity index (χ4n) is 5.04. The molecule has 4 rings (SSSR count). The molecule has 0 radical (unpaired) electrons. The van der Waals surface area contributed by atoms with Gasteiger partial charge in [-0.05, 0) is 67.6 Å². The van der Waals surface area contributed by atoms with Gasteiger partial charge in [0.25, 0.3) is 11.8 Å². The molecule has 2 heterocycles. The molecule has 6 heteroatoms. The van der Waals surface area contributed by atoms with Gasteiger partial charge in [-0.25, -0.2) is 0 Å². The van der Waals surface area contributed by atoms with E-state index in [9.17, 15) is 9.59 Å². The molecule has 2 aliphatic heterocycles. The summed E-state index contributed by atoms with van der Waals surface area (Å²) in [5.74, 6) is -0.102. The van der Waals surface area contributed by atoms with Gasteiger partial charge in [-0.15, -0.1) is 0 Å². The minimum Gasteiger partial charge on any atom is -0.352 e. The molecule has 1 unspecified atom stereocenters. The van der Waals surface area contributed by atoms with Crippen LogP contribution in [0.1, 0.15) is 77.3 Å². The van der Waals surface area contributed by atoms with Crippen LogP contribution in [0.4, 0.5) is 0 Å². The topological polar surface area (TPSA) is 52.7 Å². The third kappa shape index (κ3) is 6.04. The fraction of sp³-hybridized carbons (Fsp3) is 0.481. The Morgan fingerprint density at radius 3 is 2.76 bits per heavy atom. The highest BCUT2D eigenvalue weighted by Crippen LogP contribution is 2.26. The van der Waals surface area contributed by atoms with Crippen molar-refractivity contribution in [3.8, 4) is 0 Å². The van der Waals surface area contributed by atoms with Gasteiger partial charge in [-0.3, -0.25) is 9.59 Å². The lowest BCUT2D eigenvalue weighted by Crippen LogP contribution is -2.41. The largest absolute Gasteiger partial charge is 0.352 e. The highest BCUT2D eigenvalue weighted by molar-refractivity contribution is 9.10. The van der Waals surface area contributed by atoms with Crippen molar-refractivity contribution in [2.24, 2.45) is 0 Å². The molecule has 1 saturated heterocycles. The van der Waals surface area contributed by atoms with E-state index in [1.54, 1.807) is 6.07 Å². The molecule has 176 valence electrons. The Labute approximate surface area is 205 Å². The molecular weight excluding hydrogens is 478 g/mol. The third-order valence-corrected chi connectivity index (χ3v) is 7.34. The van der Waals surface area contributed by atoms with Crippen molar-refractivity contribution in [2.45, 2.75) is 64.6 Å². The number of carbonyl (C=O) groups excluding carboxylic acids is 2. The van der Waals surface area contributed by atoms with E-state index in [4.69, 9.17) is 0 Å². The van der Waals surface area contributed by atoms with Gasteiger partial charge in [0.1, 0.15) is 0 Å². The van der Waals surface area contributed by atoms with E-state index in [2.05, 4.69) is 33.1 Å². The smallest absolute Gasteiger partial charge is 0.254 e. The molecule has 0 saturated carbocycles. The Kier molecular flexibility index (Phi) is 8.20. The summed E-state index contributed by atoms with van der Waals surface area (Å²) in [5, 5.41) is 3.05. The quantitative estimate of drug-likeness (QED) is 0.459. The van der Waals surface area contributed by atoms with E-state index >= 15 is 0 Å². The van der Waals surface area contributed by atoms with E-state index < -0.39 is 0 Å². The van der Waals surface area contributed by atoms with Crippen LogP contribution in [-0.2, 0) is 13.1 Å². The SMILES string of the molecule is CCCC1CCCCN1CCCNC(=O)c1ccc2c(c1)C(=O)N(Cc1ccc(Br)cc1)C2. The van der Waals surface area contributed by atoms with Gasteiger partial charge in [0, 0.05) is 47.8 Å². The number of fused-ring (bicyclic) bond motifs is 1. The number of piperidine rings is 1. The Bertz CT molecular complexity index is 974. The summed E-state index contributed by atoms with van der Waals surface area (Å²) in [4.78, 5) is 30.1. The zero-order chi connectivity index (χ0) is 23.2. The van der Waals surface area contributed by atoms with Gasteiger partial charge >= 0.3 is 0 Å². The van der Waals surface area contributed by atoms with Gasteiger partial charge in [0.2, 0.25) is 0 Å². The molecule has 0 spiro atoms. The zero-order valence-corrected chi connectivity index (χ0v) is 21.1. The van der Waals surface area contributed by atoms with Crippen LogP contribution >= 0.6 is 15.9 Å². The molecule has 5 nitrogen and oxygen atoms in total. The first-order valence-corrected chi connectivity index (χ1v) is 13.0. The van der Waals surface area contributed by atoms with Crippen LogP contribution in [0, 0.1) is 0 Å². The summed E-state index contributed by atoms with van der Waals surface area (Å²) in [6.07, 6.45) is 7.40. The Morgan fingerprint density at radius 1 is 1.15 bits per heavy atom. The summed E-state index contributed by atoms with van der Waals surface area (Å²) in [6, 6.07) is 14.3. The van der Waals surface area contributed by atoms with Crippen molar-refractivity contribution in [3.05, 3.63) is 69.2 Å². The Balaban J connectivity index is 1.28. The third-order valence-electron chi connectivity index (χ3n) is 6.82. The van der Waals surface area contributed by atoms with E-state index in [1.807, 2.05) is 41.3 Å². The Morgan fingerprint density at radius 2 is 1.97 bits per heavy atom. The lowest BCUT2D eigenvalue weighted by Gasteiger charge is -2.35. The minimum atomic E-state index is -0.0966. The first kappa shape index (κ1) is 24.0. The molecule has 0 aromatic heterocycles. The van der Waals surface area contributed by atoms with E-state index in [1.165, 1.54) is 38.6 Å². The van der Waals surface area contributed by atoms with Gasteiger partial charge in [-0.2, -0.15) is 0 Å². The first-order chi connectivity index (χ1) is 16.0. The molecule has 1 N–H and O–H groups in total. The maximum atomic E-state index is 12.9. The molecule has 1 fully saturated rings. The lowest BCUT2D eigenvalue weighted by atomic mass is 9.98. The van der Waals surface area contributed by atoms with Crippen LogP contribution in [0.2, 0.25) is 0 Å². The summed E-state index contributed by atoms with van der Waals surface area (Å²) in [6.45, 7) is 6.29. The second kappa shape index (κ2) is 11.3. The van der Waals surface area contributed by atoms with Crippen LogP contribution in [-0.4, -0.2) is 47.3 Å². The monoisotopic (exact) mass is 511 g/mol. The van der Waals surface area contributed by atoms with E-state index in [0.29, 0.717) is 36.8 Å². The van der Waals surface area contributed by atoms with Gasteiger partial charge in [0.15, 0.2) is 0 Å². The normalized spacial score (nSPS) is 18.4. The average molecular weight is 512 g/mol. The summed E-state index contributed by atoms with van der Waals surface area (Å²) in [7, 11) is 0. The number of likely N-dealkylation sites (tertiary alicyclic amines) is 1. The molecule has 1 atom stereocenters. The predicted octanol–water partition coefficient (Wildman–Crippen LogP) is 5.38.